The van der Waals surface area contributed by atoms with Crippen LogP contribution < -0.4 is 9.80 Å². The molecule has 1 aliphatic heterocycles. The molecular formula is C16H17N3O3. The van der Waals surface area contributed by atoms with Crippen LogP contribution in [0.3, 0.4) is 0 Å². The summed E-state index contributed by atoms with van der Waals surface area (Å²) in [5.74, 6) is 0.297. The standard InChI is InChI=1S/C16H17N3O3/c20-16-4-2-1-3-15(16)18-11-9-17(10-12-18)13-5-7-14(8-6-13)19(21)22/h1-8,20H,9-12H2. The highest BCUT2D eigenvalue weighted by Gasteiger charge is 2.19. The smallest absolute Gasteiger partial charge is 0.269 e. The van der Waals surface area contributed by atoms with Gasteiger partial charge in [0.2, 0.25) is 0 Å². The molecule has 1 heterocycles. The van der Waals surface area contributed by atoms with Crippen LogP contribution in [0.2, 0.25) is 0 Å². The number of para-hydroxylation sites is 2. The van der Waals surface area contributed by atoms with Gasteiger partial charge in [-0.15, -0.1) is 0 Å². The molecule has 1 aliphatic rings. The van der Waals surface area contributed by atoms with Gasteiger partial charge < -0.3 is 14.9 Å². The number of nitro groups is 1. The fourth-order valence-electron chi connectivity index (χ4n) is 2.72. The SMILES string of the molecule is O=[N+]([O-])c1ccc(N2CCN(c3ccccc3O)CC2)cc1. The van der Waals surface area contributed by atoms with Crippen molar-refractivity contribution in [1.29, 1.82) is 0 Å². The molecule has 0 spiro atoms. The van der Waals surface area contributed by atoms with Crippen molar-refractivity contribution in [2.24, 2.45) is 0 Å². The summed E-state index contributed by atoms with van der Waals surface area (Å²) in [5.41, 5.74) is 1.95. The fraction of sp³-hybridized carbons (Fsp3) is 0.250. The van der Waals surface area contributed by atoms with Crippen LogP contribution in [0.15, 0.2) is 48.5 Å². The molecule has 0 aliphatic carbocycles. The molecule has 0 radical (unpaired) electrons. The Balaban J connectivity index is 1.66. The first-order chi connectivity index (χ1) is 10.6. The predicted octanol–water partition coefficient (Wildman–Crippen LogP) is 2.63. The molecule has 114 valence electrons. The van der Waals surface area contributed by atoms with E-state index in [0.29, 0.717) is 5.75 Å². The van der Waals surface area contributed by atoms with Crippen molar-refractivity contribution in [2.45, 2.75) is 0 Å². The number of hydrogen-bond acceptors (Lipinski definition) is 5. The minimum Gasteiger partial charge on any atom is -0.506 e. The van der Waals surface area contributed by atoms with E-state index in [1.807, 2.05) is 18.2 Å². The summed E-state index contributed by atoms with van der Waals surface area (Å²) in [5, 5.41) is 20.6. The highest BCUT2D eigenvalue weighted by atomic mass is 16.6. The van der Waals surface area contributed by atoms with Crippen molar-refractivity contribution >= 4 is 17.1 Å². The lowest BCUT2D eigenvalue weighted by molar-refractivity contribution is -0.384. The Morgan fingerprint density at radius 2 is 1.50 bits per heavy atom. The number of nitro benzene ring substituents is 1. The molecule has 3 rings (SSSR count). The van der Waals surface area contributed by atoms with Crippen LogP contribution in [0.5, 0.6) is 5.75 Å². The summed E-state index contributed by atoms with van der Waals surface area (Å²) in [7, 11) is 0. The van der Waals surface area contributed by atoms with Crippen molar-refractivity contribution in [3.8, 4) is 5.75 Å². The lowest BCUT2D eigenvalue weighted by atomic mass is 10.2. The van der Waals surface area contributed by atoms with Crippen LogP contribution in [-0.4, -0.2) is 36.2 Å². The Labute approximate surface area is 128 Å². The van der Waals surface area contributed by atoms with Gasteiger partial charge in [0.1, 0.15) is 5.75 Å². The summed E-state index contributed by atoms with van der Waals surface area (Å²) in [4.78, 5) is 14.6. The maximum Gasteiger partial charge on any atom is 0.269 e. The molecule has 6 nitrogen and oxygen atoms in total. The Morgan fingerprint density at radius 1 is 0.909 bits per heavy atom. The molecule has 2 aromatic carbocycles. The quantitative estimate of drug-likeness (QED) is 0.697. The second kappa shape index (κ2) is 5.93. The van der Waals surface area contributed by atoms with Gasteiger partial charge in [-0.25, -0.2) is 0 Å². The molecule has 1 N–H and O–H groups in total. The molecule has 2 aromatic rings. The average molecular weight is 299 g/mol. The maximum atomic E-state index is 10.7. The summed E-state index contributed by atoms with van der Waals surface area (Å²) in [6.45, 7) is 3.22. The van der Waals surface area contributed by atoms with Gasteiger partial charge in [0.15, 0.2) is 0 Å². The number of benzene rings is 2. The van der Waals surface area contributed by atoms with E-state index in [9.17, 15) is 15.2 Å². The third-order valence-corrected chi connectivity index (χ3v) is 3.93. The van der Waals surface area contributed by atoms with Gasteiger partial charge in [0.25, 0.3) is 5.69 Å². The summed E-state index contributed by atoms with van der Waals surface area (Å²) in [6, 6.07) is 14.0. The van der Waals surface area contributed by atoms with Gasteiger partial charge in [0.05, 0.1) is 10.6 Å². The van der Waals surface area contributed by atoms with Gasteiger partial charge in [-0.1, -0.05) is 12.1 Å². The number of hydrogen-bond donors (Lipinski definition) is 1. The highest BCUT2D eigenvalue weighted by Crippen LogP contribution is 2.28. The largest absolute Gasteiger partial charge is 0.506 e. The minimum absolute atomic E-state index is 0.108. The third-order valence-electron chi connectivity index (χ3n) is 3.93. The fourth-order valence-corrected chi connectivity index (χ4v) is 2.72. The van der Waals surface area contributed by atoms with Gasteiger partial charge in [0, 0.05) is 44.0 Å². The van der Waals surface area contributed by atoms with Crippen LogP contribution in [0.4, 0.5) is 17.1 Å². The predicted molar refractivity (Wildman–Crippen MR) is 85.6 cm³/mol. The van der Waals surface area contributed by atoms with Crippen LogP contribution in [0.1, 0.15) is 0 Å². The van der Waals surface area contributed by atoms with E-state index in [2.05, 4.69) is 9.80 Å². The summed E-state index contributed by atoms with van der Waals surface area (Å²) < 4.78 is 0. The second-order valence-corrected chi connectivity index (χ2v) is 5.24. The van der Waals surface area contributed by atoms with E-state index in [0.717, 1.165) is 37.6 Å². The Morgan fingerprint density at radius 3 is 2.09 bits per heavy atom. The Hall–Kier alpha value is -2.76. The van der Waals surface area contributed by atoms with Crippen LogP contribution >= 0.6 is 0 Å². The molecule has 0 unspecified atom stereocenters. The van der Waals surface area contributed by atoms with Crippen molar-refractivity contribution in [2.75, 3.05) is 36.0 Å². The van der Waals surface area contributed by atoms with Crippen LogP contribution in [0.25, 0.3) is 0 Å². The molecule has 1 saturated heterocycles. The molecular weight excluding hydrogens is 282 g/mol. The van der Waals surface area contributed by atoms with E-state index in [1.165, 1.54) is 12.1 Å². The van der Waals surface area contributed by atoms with Gasteiger partial charge in [-0.2, -0.15) is 0 Å². The molecule has 0 saturated carbocycles. The summed E-state index contributed by atoms with van der Waals surface area (Å²) in [6.07, 6.45) is 0. The van der Waals surface area contributed by atoms with E-state index >= 15 is 0 Å². The normalized spacial score (nSPS) is 14.9. The minimum atomic E-state index is -0.389. The summed E-state index contributed by atoms with van der Waals surface area (Å²) >= 11 is 0. The molecule has 0 atom stereocenters. The number of non-ortho nitro benzene ring substituents is 1. The number of nitrogens with zero attached hydrogens (tertiary/aromatic N) is 3. The third kappa shape index (κ3) is 2.81. The monoisotopic (exact) mass is 299 g/mol. The second-order valence-electron chi connectivity index (χ2n) is 5.24. The Kier molecular flexibility index (Phi) is 3.82. The van der Waals surface area contributed by atoms with E-state index < -0.39 is 0 Å². The zero-order valence-electron chi connectivity index (χ0n) is 12.1. The topological polar surface area (TPSA) is 69.9 Å². The van der Waals surface area contributed by atoms with Gasteiger partial charge >= 0.3 is 0 Å². The van der Waals surface area contributed by atoms with Crippen LogP contribution in [0, 0.1) is 10.1 Å². The molecule has 22 heavy (non-hydrogen) atoms. The molecule has 0 bridgehead atoms. The highest BCUT2D eigenvalue weighted by molar-refractivity contribution is 5.59. The molecule has 1 fully saturated rings. The van der Waals surface area contributed by atoms with E-state index in [4.69, 9.17) is 0 Å². The number of phenolic OH excluding ortho intramolecular Hbond substituents is 1. The van der Waals surface area contributed by atoms with Crippen molar-refractivity contribution in [3.63, 3.8) is 0 Å². The lowest BCUT2D eigenvalue weighted by Crippen LogP contribution is -2.46. The molecule has 0 amide bonds. The van der Waals surface area contributed by atoms with Crippen molar-refractivity contribution < 1.29 is 10.0 Å². The first-order valence-corrected chi connectivity index (χ1v) is 7.17. The number of aromatic hydroxyl groups is 1. The number of phenols is 1. The van der Waals surface area contributed by atoms with E-state index in [-0.39, 0.29) is 10.6 Å². The zero-order valence-corrected chi connectivity index (χ0v) is 12.1. The van der Waals surface area contributed by atoms with Gasteiger partial charge in [-0.3, -0.25) is 10.1 Å². The number of piperazine rings is 1. The number of anilines is 2. The Bertz CT molecular complexity index is 665. The average Bonchev–Trinajstić information content (AvgIpc) is 2.56. The zero-order chi connectivity index (χ0) is 15.5. The number of rotatable bonds is 3. The molecule has 6 heteroatoms. The molecule has 0 aromatic heterocycles. The van der Waals surface area contributed by atoms with E-state index in [1.54, 1.807) is 18.2 Å². The van der Waals surface area contributed by atoms with Gasteiger partial charge in [-0.05, 0) is 24.3 Å². The van der Waals surface area contributed by atoms with Crippen LogP contribution in [-0.2, 0) is 0 Å². The maximum absolute atomic E-state index is 10.7. The first-order valence-electron chi connectivity index (χ1n) is 7.17. The lowest BCUT2D eigenvalue weighted by Gasteiger charge is -2.37. The van der Waals surface area contributed by atoms with Crippen molar-refractivity contribution in [3.05, 3.63) is 58.6 Å². The first kappa shape index (κ1) is 14.2. The van der Waals surface area contributed by atoms with Crippen molar-refractivity contribution in [1.82, 2.24) is 0 Å².